The Morgan fingerprint density at radius 3 is 2.05 bits per heavy atom. The summed E-state index contributed by atoms with van der Waals surface area (Å²) < 4.78 is 0. The molecule has 8 nitrogen and oxygen atoms in total. The zero-order valence-corrected chi connectivity index (χ0v) is 25.7. The molecule has 0 saturated heterocycles. The molecule has 224 valence electrons. The lowest BCUT2D eigenvalue weighted by Crippen LogP contribution is -2.41. The third-order valence-electron chi connectivity index (χ3n) is 6.92. The van der Waals surface area contributed by atoms with Crippen LogP contribution in [0, 0.1) is 5.92 Å². The second-order valence-corrected chi connectivity index (χ2v) is 10.2. The fourth-order valence-electron chi connectivity index (χ4n) is 4.25. The summed E-state index contributed by atoms with van der Waals surface area (Å²) >= 11 is 0. The minimum absolute atomic E-state index is 0.0396. The minimum Gasteiger partial charge on any atom is -0.366 e. The van der Waals surface area contributed by atoms with Crippen molar-refractivity contribution in [3.8, 4) is 0 Å². The van der Waals surface area contributed by atoms with Crippen LogP contribution >= 0.6 is 0 Å². The lowest BCUT2D eigenvalue weighted by molar-refractivity contribution is -0.137. The summed E-state index contributed by atoms with van der Waals surface area (Å²) in [7, 11) is 0. The molecule has 2 aliphatic rings. The number of benzene rings is 2. The summed E-state index contributed by atoms with van der Waals surface area (Å²) in [6.45, 7) is 17.1. The Kier molecular flexibility index (Phi) is 12.9. The van der Waals surface area contributed by atoms with Gasteiger partial charge in [-0.05, 0) is 62.2 Å². The smallest absolute Gasteiger partial charge is 0.254 e. The van der Waals surface area contributed by atoms with Gasteiger partial charge in [-0.3, -0.25) is 19.2 Å². The van der Waals surface area contributed by atoms with Crippen molar-refractivity contribution in [3.05, 3.63) is 101 Å². The molecule has 4 amide bonds. The first-order valence-electron chi connectivity index (χ1n) is 14.3. The lowest BCUT2D eigenvalue weighted by Gasteiger charge is -2.24. The highest BCUT2D eigenvalue weighted by atomic mass is 16.2. The fourth-order valence-corrected chi connectivity index (χ4v) is 4.25. The van der Waals surface area contributed by atoms with Crippen LogP contribution < -0.4 is 10.6 Å². The first-order valence-corrected chi connectivity index (χ1v) is 14.3. The van der Waals surface area contributed by atoms with Gasteiger partial charge < -0.3 is 20.4 Å². The van der Waals surface area contributed by atoms with E-state index in [1.54, 1.807) is 47.1 Å². The highest BCUT2D eigenvalue weighted by Crippen LogP contribution is 2.29. The second-order valence-electron chi connectivity index (χ2n) is 10.2. The van der Waals surface area contributed by atoms with E-state index in [-0.39, 0.29) is 37.4 Å². The van der Waals surface area contributed by atoms with Gasteiger partial charge in [-0.1, -0.05) is 62.8 Å². The van der Waals surface area contributed by atoms with Crippen molar-refractivity contribution in [3.63, 3.8) is 0 Å². The van der Waals surface area contributed by atoms with E-state index in [1.165, 1.54) is 16.5 Å². The van der Waals surface area contributed by atoms with Crippen LogP contribution in [0.15, 0.2) is 78.9 Å². The van der Waals surface area contributed by atoms with E-state index < -0.39 is 11.8 Å². The third-order valence-corrected chi connectivity index (χ3v) is 6.92. The molecule has 4 rings (SSSR count). The molecule has 2 heterocycles. The number of carbonyl (C=O) groups excluding carboxylic acids is 4. The van der Waals surface area contributed by atoms with E-state index in [1.807, 2.05) is 45.1 Å². The number of hydrogen-bond donors (Lipinski definition) is 1. The van der Waals surface area contributed by atoms with Crippen molar-refractivity contribution in [1.29, 1.82) is 0 Å². The van der Waals surface area contributed by atoms with Gasteiger partial charge in [0.05, 0.1) is 12.5 Å². The Morgan fingerprint density at radius 1 is 0.952 bits per heavy atom. The first-order chi connectivity index (χ1) is 20.0. The maximum absolute atomic E-state index is 13.3. The van der Waals surface area contributed by atoms with Gasteiger partial charge in [0.1, 0.15) is 6.54 Å². The zero-order chi connectivity index (χ0) is 31.4. The van der Waals surface area contributed by atoms with Gasteiger partial charge in [-0.25, -0.2) is 0 Å². The molecule has 0 aliphatic carbocycles. The molecule has 42 heavy (non-hydrogen) atoms. The van der Waals surface area contributed by atoms with Crippen LogP contribution in [0.1, 0.15) is 73.4 Å². The maximum atomic E-state index is 13.3. The van der Waals surface area contributed by atoms with Crippen LogP contribution in [0.25, 0.3) is 0 Å². The fraction of sp³-hybridized carbons (Fsp3) is 0.353. The second kappa shape index (κ2) is 16.1. The maximum Gasteiger partial charge on any atom is 0.254 e. The molecule has 8 heteroatoms. The van der Waals surface area contributed by atoms with E-state index >= 15 is 0 Å². The highest BCUT2D eigenvalue weighted by molar-refractivity contribution is 6.00. The first kappa shape index (κ1) is 33.7. The molecular weight excluding hydrogens is 528 g/mol. The van der Waals surface area contributed by atoms with Crippen LogP contribution in [0.4, 0.5) is 5.69 Å². The van der Waals surface area contributed by atoms with Crippen molar-refractivity contribution < 1.29 is 19.2 Å². The Hall–Kier alpha value is -4.46. The SMILES string of the molecule is C=CC(C)C(=O)N1CC(=O)N(Cc2ccc(C(=O)N3CC=CC3)cc2)c2ccc(C(N)=O)cc2C1.CC.CC=C(C)C. The van der Waals surface area contributed by atoms with E-state index in [2.05, 4.69) is 26.5 Å². The van der Waals surface area contributed by atoms with Crippen molar-refractivity contribution in [1.82, 2.24) is 9.80 Å². The monoisotopic (exact) mass is 572 g/mol. The molecule has 2 N–H and O–H groups in total. The lowest BCUT2D eigenvalue weighted by atomic mass is 10.1. The Labute approximate surface area is 250 Å². The molecule has 0 fully saturated rings. The predicted molar refractivity (Wildman–Crippen MR) is 169 cm³/mol. The number of nitrogens with zero attached hydrogens (tertiary/aromatic N) is 3. The topological polar surface area (TPSA) is 104 Å². The molecule has 2 aromatic rings. The molecule has 1 atom stereocenters. The van der Waals surface area contributed by atoms with Gasteiger partial charge in [0.15, 0.2) is 0 Å². The van der Waals surface area contributed by atoms with Crippen LogP contribution in [-0.2, 0) is 22.7 Å². The molecule has 0 spiro atoms. The normalized spacial score (nSPS) is 14.3. The van der Waals surface area contributed by atoms with Crippen molar-refractivity contribution >= 4 is 29.3 Å². The summed E-state index contributed by atoms with van der Waals surface area (Å²) in [5, 5.41) is 0. The average molecular weight is 573 g/mol. The van der Waals surface area contributed by atoms with E-state index in [4.69, 9.17) is 5.73 Å². The molecular formula is C34H44N4O4. The van der Waals surface area contributed by atoms with Gasteiger partial charge in [0.25, 0.3) is 5.91 Å². The van der Waals surface area contributed by atoms with Gasteiger partial charge in [0, 0.05) is 36.4 Å². The molecule has 2 aromatic carbocycles. The number of amides is 4. The van der Waals surface area contributed by atoms with Crippen molar-refractivity contribution in [2.75, 3.05) is 24.5 Å². The van der Waals surface area contributed by atoms with Crippen molar-refractivity contribution in [2.24, 2.45) is 11.7 Å². The van der Waals surface area contributed by atoms with Gasteiger partial charge in [-0.2, -0.15) is 0 Å². The summed E-state index contributed by atoms with van der Waals surface area (Å²) in [6.07, 6.45) is 7.54. The molecule has 0 radical (unpaired) electrons. The van der Waals surface area contributed by atoms with Gasteiger partial charge in [-0.15, -0.1) is 6.58 Å². The number of nitrogens with two attached hydrogens (primary N) is 1. The summed E-state index contributed by atoms with van der Waals surface area (Å²) in [5.74, 6) is -1.54. The third kappa shape index (κ3) is 8.77. The van der Waals surface area contributed by atoms with Crippen LogP contribution in [0.2, 0.25) is 0 Å². The molecule has 0 aromatic heterocycles. The Balaban J connectivity index is 0.000000797. The van der Waals surface area contributed by atoms with E-state index in [0.29, 0.717) is 35.5 Å². The average Bonchev–Trinajstić information content (AvgIpc) is 3.51. The summed E-state index contributed by atoms with van der Waals surface area (Å²) in [6, 6.07) is 12.1. The predicted octanol–water partition coefficient (Wildman–Crippen LogP) is 5.49. The number of primary amides is 1. The Morgan fingerprint density at radius 2 is 1.52 bits per heavy atom. The number of fused-ring (bicyclic) bond motifs is 1. The minimum atomic E-state index is -0.583. The van der Waals surface area contributed by atoms with Crippen LogP contribution in [0.5, 0.6) is 0 Å². The van der Waals surface area contributed by atoms with Crippen molar-refractivity contribution in [2.45, 2.75) is 54.6 Å². The molecule has 0 saturated carbocycles. The molecule has 1 unspecified atom stereocenters. The number of anilines is 1. The quantitative estimate of drug-likeness (QED) is 0.462. The van der Waals surface area contributed by atoms with Crippen LogP contribution in [-0.4, -0.2) is 53.1 Å². The van der Waals surface area contributed by atoms with E-state index in [9.17, 15) is 19.2 Å². The largest absolute Gasteiger partial charge is 0.366 e. The molecule has 0 bridgehead atoms. The number of hydrogen-bond acceptors (Lipinski definition) is 4. The number of carbonyl (C=O) groups is 4. The number of rotatable bonds is 6. The Bertz CT molecular complexity index is 1330. The van der Waals surface area contributed by atoms with E-state index in [0.717, 1.165) is 5.56 Å². The number of allylic oxidation sites excluding steroid dienone is 2. The zero-order valence-electron chi connectivity index (χ0n) is 25.7. The van der Waals surface area contributed by atoms with Gasteiger partial charge in [0.2, 0.25) is 17.7 Å². The highest BCUT2D eigenvalue weighted by Gasteiger charge is 2.30. The summed E-state index contributed by atoms with van der Waals surface area (Å²) in [4.78, 5) is 55.4. The standard InChI is InChI=1S/C27H28N4O4.C5H10.C2H6/c1-3-18(2)26(34)30-16-22-14-21(25(28)33)10-11-23(22)31(24(32)17-30)15-19-6-8-20(9-7-19)27(35)29-12-4-5-13-29;1-4-5(2)3;1-2/h3-11,14,18H,1,12-13,15-17H2,2H3,(H2,28,33);4H,1-3H3;1-2H3. The summed E-state index contributed by atoms with van der Waals surface area (Å²) in [5.41, 5.74) is 9.85. The van der Waals surface area contributed by atoms with Gasteiger partial charge >= 0.3 is 0 Å². The molecule has 2 aliphatic heterocycles. The van der Waals surface area contributed by atoms with Crippen LogP contribution in [0.3, 0.4) is 0 Å².